The molecular weight excluding hydrogens is 220 g/mol. The molecule has 1 aliphatic rings. The second kappa shape index (κ2) is 4.76. The van der Waals surface area contributed by atoms with Crippen LogP contribution in [-0.4, -0.2) is 19.2 Å². The molecule has 2 rings (SSSR count). The van der Waals surface area contributed by atoms with E-state index < -0.39 is 0 Å². The summed E-state index contributed by atoms with van der Waals surface area (Å²) in [5, 5.41) is 3.54. The average molecular weight is 232 g/mol. The maximum Gasteiger partial charge on any atom is 0.414 e. The molecule has 0 unspecified atom stereocenters. The van der Waals surface area contributed by atoms with Crippen LogP contribution in [0.2, 0.25) is 0 Å². The van der Waals surface area contributed by atoms with Gasteiger partial charge >= 0.3 is 6.09 Å². The van der Waals surface area contributed by atoms with Gasteiger partial charge in [-0.1, -0.05) is 11.2 Å². The summed E-state index contributed by atoms with van der Waals surface area (Å²) >= 11 is 0. The molecule has 88 valence electrons. The Kier molecular flexibility index (Phi) is 3.16. The molecule has 1 heterocycles. The normalized spacial score (nSPS) is 12.9. The summed E-state index contributed by atoms with van der Waals surface area (Å²) in [6.07, 6.45) is 0.422. The molecule has 6 nitrogen and oxygen atoms in total. The Balaban J connectivity index is 2.27. The Bertz CT molecular complexity index is 494. The van der Waals surface area contributed by atoms with Crippen LogP contribution >= 0.6 is 0 Å². The lowest BCUT2D eigenvalue weighted by Gasteiger charge is -2.16. The van der Waals surface area contributed by atoms with Gasteiger partial charge in [0.25, 0.3) is 0 Å². The Labute approximate surface area is 98.4 Å². The minimum atomic E-state index is -0.331. The monoisotopic (exact) mass is 232 g/mol. The van der Waals surface area contributed by atoms with Crippen molar-refractivity contribution in [2.75, 3.05) is 18.1 Å². The van der Waals surface area contributed by atoms with Gasteiger partial charge in [0.2, 0.25) is 0 Å². The summed E-state index contributed by atoms with van der Waals surface area (Å²) in [6, 6.07) is 5.27. The van der Waals surface area contributed by atoms with Crippen molar-refractivity contribution >= 4 is 17.5 Å². The number of benzene rings is 1. The molecule has 0 saturated carbocycles. The molecule has 0 aromatic heterocycles. The van der Waals surface area contributed by atoms with E-state index in [-0.39, 0.29) is 6.09 Å². The van der Waals surface area contributed by atoms with Crippen molar-refractivity contribution in [3.63, 3.8) is 0 Å². The summed E-state index contributed by atoms with van der Waals surface area (Å²) in [4.78, 5) is 16.0. The third-order valence-electron chi connectivity index (χ3n) is 2.61. The predicted molar refractivity (Wildman–Crippen MR) is 63.3 cm³/mol. The zero-order chi connectivity index (χ0) is 12.3. The highest BCUT2D eigenvalue weighted by molar-refractivity contribution is 5.90. The average Bonchev–Trinajstić information content (AvgIpc) is 2.73. The van der Waals surface area contributed by atoms with E-state index in [4.69, 9.17) is 10.3 Å². The first-order valence-corrected chi connectivity index (χ1v) is 5.38. The SMILES string of the molecule is CCOC(=O)N1CCc2cc(N=[N+]=[N-])ccc21. The number of carbonyl (C=O) groups is 1. The highest BCUT2D eigenvalue weighted by Crippen LogP contribution is 2.31. The van der Waals surface area contributed by atoms with Crippen LogP contribution in [0.3, 0.4) is 0 Å². The van der Waals surface area contributed by atoms with Crippen molar-refractivity contribution in [3.8, 4) is 0 Å². The fraction of sp³-hybridized carbons (Fsp3) is 0.364. The fourth-order valence-corrected chi connectivity index (χ4v) is 1.89. The van der Waals surface area contributed by atoms with E-state index in [2.05, 4.69) is 10.0 Å². The van der Waals surface area contributed by atoms with E-state index in [1.165, 1.54) is 0 Å². The fourth-order valence-electron chi connectivity index (χ4n) is 1.89. The Morgan fingerprint density at radius 2 is 2.47 bits per heavy atom. The molecule has 0 aliphatic carbocycles. The van der Waals surface area contributed by atoms with Gasteiger partial charge in [0, 0.05) is 17.1 Å². The predicted octanol–water partition coefficient (Wildman–Crippen LogP) is 3.15. The molecule has 0 N–H and O–H groups in total. The van der Waals surface area contributed by atoms with Gasteiger partial charge in [0.05, 0.1) is 12.3 Å². The van der Waals surface area contributed by atoms with Gasteiger partial charge in [-0.25, -0.2) is 4.79 Å². The number of ether oxygens (including phenoxy) is 1. The third-order valence-corrected chi connectivity index (χ3v) is 2.61. The van der Waals surface area contributed by atoms with E-state index in [0.717, 1.165) is 17.7 Å². The summed E-state index contributed by atoms with van der Waals surface area (Å²) in [6.45, 7) is 2.75. The Morgan fingerprint density at radius 1 is 1.65 bits per heavy atom. The van der Waals surface area contributed by atoms with Crippen molar-refractivity contribution in [1.82, 2.24) is 0 Å². The second-order valence-electron chi connectivity index (χ2n) is 3.60. The number of hydrogen-bond acceptors (Lipinski definition) is 3. The van der Waals surface area contributed by atoms with Gasteiger partial charge in [-0.3, -0.25) is 4.90 Å². The standard InChI is InChI=1S/C11H12N4O2/c1-2-17-11(16)15-6-5-8-7-9(13-14-12)3-4-10(8)15/h3-4,7H,2,5-6H2,1H3. The molecule has 1 amide bonds. The zero-order valence-corrected chi connectivity index (χ0v) is 9.46. The smallest absolute Gasteiger partial charge is 0.414 e. The van der Waals surface area contributed by atoms with Gasteiger partial charge < -0.3 is 4.74 Å². The molecule has 1 aromatic carbocycles. The summed E-state index contributed by atoms with van der Waals surface area (Å²) in [5.41, 5.74) is 10.8. The number of nitrogens with zero attached hydrogens (tertiary/aromatic N) is 4. The van der Waals surface area contributed by atoms with E-state index in [0.29, 0.717) is 18.8 Å². The molecule has 0 saturated heterocycles. The lowest BCUT2D eigenvalue weighted by Crippen LogP contribution is -2.29. The van der Waals surface area contributed by atoms with E-state index in [9.17, 15) is 4.79 Å². The van der Waals surface area contributed by atoms with E-state index in [1.54, 1.807) is 30.0 Å². The second-order valence-corrected chi connectivity index (χ2v) is 3.60. The molecule has 1 aromatic rings. The van der Waals surface area contributed by atoms with Crippen LogP contribution in [0.25, 0.3) is 10.4 Å². The molecule has 0 bridgehead atoms. The van der Waals surface area contributed by atoms with Gasteiger partial charge in [-0.05, 0) is 36.6 Å². The quantitative estimate of drug-likeness (QED) is 0.446. The van der Waals surface area contributed by atoms with Crippen LogP contribution in [0.15, 0.2) is 23.3 Å². The van der Waals surface area contributed by atoms with Crippen molar-refractivity contribution in [2.45, 2.75) is 13.3 Å². The number of amides is 1. The molecule has 0 fully saturated rings. The molecule has 17 heavy (non-hydrogen) atoms. The van der Waals surface area contributed by atoms with Crippen LogP contribution in [0, 0.1) is 0 Å². The van der Waals surface area contributed by atoms with Gasteiger partial charge in [0.15, 0.2) is 0 Å². The zero-order valence-electron chi connectivity index (χ0n) is 9.46. The van der Waals surface area contributed by atoms with Crippen molar-refractivity contribution in [1.29, 1.82) is 0 Å². The molecule has 0 atom stereocenters. The van der Waals surface area contributed by atoms with Crippen LogP contribution in [-0.2, 0) is 11.2 Å². The third kappa shape index (κ3) is 2.16. The molecule has 0 radical (unpaired) electrons. The highest BCUT2D eigenvalue weighted by atomic mass is 16.6. The van der Waals surface area contributed by atoms with Crippen molar-refractivity contribution in [2.24, 2.45) is 5.11 Å². The van der Waals surface area contributed by atoms with E-state index >= 15 is 0 Å². The number of fused-ring (bicyclic) bond motifs is 1. The van der Waals surface area contributed by atoms with Gasteiger partial charge in [-0.15, -0.1) is 0 Å². The molecular formula is C11H12N4O2. The summed E-state index contributed by atoms with van der Waals surface area (Å²) < 4.78 is 4.97. The van der Waals surface area contributed by atoms with Crippen LogP contribution in [0.5, 0.6) is 0 Å². The minimum absolute atomic E-state index is 0.331. The summed E-state index contributed by atoms with van der Waals surface area (Å²) in [7, 11) is 0. The molecule has 6 heteroatoms. The number of carbonyl (C=O) groups excluding carboxylic acids is 1. The van der Waals surface area contributed by atoms with Crippen molar-refractivity contribution < 1.29 is 9.53 Å². The lowest BCUT2D eigenvalue weighted by molar-refractivity contribution is 0.160. The topological polar surface area (TPSA) is 78.3 Å². The minimum Gasteiger partial charge on any atom is -0.449 e. The Morgan fingerprint density at radius 3 is 3.18 bits per heavy atom. The van der Waals surface area contributed by atoms with Crippen LogP contribution in [0.1, 0.15) is 12.5 Å². The van der Waals surface area contributed by atoms with E-state index in [1.807, 2.05) is 0 Å². The number of hydrogen-bond donors (Lipinski definition) is 0. The number of rotatable bonds is 2. The first kappa shape index (κ1) is 11.3. The first-order valence-electron chi connectivity index (χ1n) is 5.38. The number of azide groups is 1. The maximum absolute atomic E-state index is 11.6. The van der Waals surface area contributed by atoms with Gasteiger partial charge in [-0.2, -0.15) is 0 Å². The molecule has 1 aliphatic heterocycles. The lowest BCUT2D eigenvalue weighted by atomic mass is 10.1. The first-order chi connectivity index (χ1) is 8.26. The molecule has 0 spiro atoms. The highest BCUT2D eigenvalue weighted by Gasteiger charge is 2.25. The maximum atomic E-state index is 11.6. The van der Waals surface area contributed by atoms with Gasteiger partial charge in [0.1, 0.15) is 0 Å². The largest absolute Gasteiger partial charge is 0.449 e. The van der Waals surface area contributed by atoms with Crippen LogP contribution in [0.4, 0.5) is 16.2 Å². The number of anilines is 1. The van der Waals surface area contributed by atoms with Crippen LogP contribution < -0.4 is 4.90 Å². The Hall–Kier alpha value is -2.20. The van der Waals surface area contributed by atoms with Crippen molar-refractivity contribution in [3.05, 3.63) is 34.2 Å². The summed E-state index contributed by atoms with van der Waals surface area (Å²) in [5.74, 6) is 0.